The fraction of sp³-hybridized carbons (Fsp3) is 0.308. The van der Waals surface area contributed by atoms with Crippen LogP contribution in [0.5, 0.6) is 0 Å². The van der Waals surface area contributed by atoms with Crippen LogP contribution in [0.3, 0.4) is 0 Å². The van der Waals surface area contributed by atoms with Crippen molar-refractivity contribution in [2.75, 3.05) is 13.6 Å². The summed E-state index contributed by atoms with van der Waals surface area (Å²) >= 11 is 5.73. The van der Waals surface area contributed by atoms with Crippen LogP contribution in [0.2, 0.25) is 5.02 Å². The molecule has 2 rings (SSSR count). The lowest BCUT2D eigenvalue weighted by Crippen LogP contribution is -2.08. The summed E-state index contributed by atoms with van der Waals surface area (Å²) in [6.07, 6.45) is 3.18. The van der Waals surface area contributed by atoms with E-state index in [1.54, 1.807) is 12.1 Å². The number of nitrogens with zero attached hydrogens (tertiary/aromatic N) is 1. The topological polar surface area (TPSA) is 38.1 Å². The third-order valence-electron chi connectivity index (χ3n) is 2.59. The summed E-state index contributed by atoms with van der Waals surface area (Å²) in [6.45, 7) is 0.892. The van der Waals surface area contributed by atoms with Gasteiger partial charge in [0, 0.05) is 6.42 Å². The second-order valence-electron chi connectivity index (χ2n) is 3.93. The molecule has 18 heavy (non-hydrogen) atoms. The first-order valence-electron chi connectivity index (χ1n) is 5.76. The highest BCUT2D eigenvalue weighted by atomic mass is 35.5. The van der Waals surface area contributed by atoms with Gasteiger partial charge in [0.25, 0.3) is 0 Å². The minimum atomic E-state index is -0.475. The first-order chi connectivity index (χ1) is 8.72. The Kier molecular flexibility index (Phi) is 4.33. The van der Waals surface area contributed by atoms with E-state index in [1.807, 2.05) is 7.05 Å². The molecule has 0 bridgehead atoms. The van der Waals surface area contributed by atoms with Crippen LogP contribution in [0.15, 0.2) is 28.8 Å². The second-order valence-corrected chi connectivity index (χ2v) is 4.33. The number of aryl methyl sites for hydroxylation is 1. The Morgan fingerprint density at radius 3 is 3.06 bits per heavy atom. The fourth-order valence-corrected chi connectivity index (χ4v) is 1.84. The Morgan fingerprint density at radius 2 is 2.28 bits per heavy atom. The molecule has 0 fully saturated rings. The van der Waals surface area contributed by atoms with Crippen molar-refractivity contribution in [3.8, 4) is 11.3 Å². The van der Waals surface area contributed by atoms with Crippen LogP contribution in [0.25, 0.3) is 11.3 Å². The van der Waals surface area contributed by atoms with Crippen LogP contribution in [-0.4, -0.2) is 18.6 Å². The number of hydrogen-bond donors (Lipinski definition) is 1. The smallest absolute Gasteiger partial charge is 0.194 e. The van der Waals surface area contributed by atoms with Crippen LogP contribution in [0, 0.1) is 5.82 Å². The van der Waals surface area contributed by atoms with E-state index < -0.39 is 5.82 Å². The molecule has 0 aliphatic heterocycles. The summed E-state index contributed by atoms with van der Waals surface area (Å²) in [4.78, 5) is 4.13. The molecule has 0 radical (unpaired) electrons. The fourth-order valence-electron chi connectivity index (χ4n) is 1.66. The van der Waals surface area contributed by atoms with Crippen LogP contribution in [-0.2, 0) is 6.42 Å². The van der Waals surface area contributed by atoms with E-state index in [-0.39, 0.29) is 5.02 Å². The highest BCUT2D eigenvalue weighted by Gasteiger charge is 2.12. The predicted molar refractivity (Wildman–Crippen MR) is 69.2 cm³/mol. The van der Waals surface area contributed by atoms with Crippen LogP contribution < -0.4 is 5.32 Å². The van der Waals surface area contributed by atoms with Gasteiger partial charge in [-0.2, -0.15) is 0 Å². The van der Waals surface area contributed by atoms with E-state index in [0.717, 1.165) is 19.4 Å². The zero-order valence-electron chi connectivity index (χ0n) is 10.0. The lowest BCUT2D eigenvalue weighted by Gasteiger charge is -2.00. The van der Waals surface area contributed by atoms with Gasteiger partial charge in [0.2, 0.25) is 0 Å². The van der Waals surface area contributed by atoms with Gasteiger partial charge in [0.05, 0.1) is 16.8 Å². The first-order valence-corrected chi connectivity index (χ1v) is 6.14. The molecule has 0 atom stereocenters. The third kappa shape index (κ3) is 2.89. The lowest BCUT2D eigenvalue weighted by atomic mass is 10.2. The SMILES string of the molecule is CNCCCc1ncc(-c2cccc(Cl)c2F)o1. The molecular formula is C13H14ClFN2O. The van der Waals surface area contributed by atoms with Gasteiger partial charge in [-0.25, -0.2) is 9.37 Å². The van der Waals surface area contributed by atoms with Crippen molar-refractivity contribution in [3.05, 3.63) is 41.1 Å². The Bertz CT molecular complexity index is 527. The van der Waals surface area contributed by atoms with Crippen molar-refractivity contribution < 1.29 is 8.81 Å². The van der Waals surface area contributed by atoms with Crippen molar-refractivity contribution in [2.45, 2.75) is 12.8 Å². The van der Waals surface area contributed by atoms with Crippen LogP contribution in [0.1, 0.15) is 12.3 Å². The number of benzene rings is 1. The summed E-state index contributed by atoms with van der Waals surface area (Å²) in [6, 6.07) is 4.81. The molecule has 1 heterocycles. The van der Waals surface area contributed by atoms with Crippen LogP contribution >= 0.6 is 11.6 Å². The van der Waals surface area contributed by atoms with Gasteiger partial charge in [-0.3, -0.25) is 0 Å². The highest BCUT2D eigenvalue weighted by molar-refractivity contribution is 6.31. The maximum absolute atomic E-state index is 13.8. The predicted octanol–water partition coefficient (Wildman–Crippen LogP) is 3.29. The minimum absolute atomic E-state index is 0.0839. The Morgan fingerprint density at radius 1 is 1.44 bits per heavy atom. The van der Waals surface area contributed by atoms with E-state index in [4.69, 9.17) is 16.0 Å². The summed E-state index contributed by atoms with van der Waals surface area (Å²) < 4.78 is 19.3. The standard InChI is InChI=1S/C13H14ClFN2O/c1-16-7-3-6-12-17-8-11(18-12)9-4-2-5-10(14)13(9)15/h2,4-5,8,16H,3,6-7H2,1H3. The molecule has 1 aromatic heterocycles. The quantitative estimate of drug-likeness (QED) is 0.846. The Labute approximate surface area is 110 Å². The Hall–Kier alpha value is -1.39. The number of halogens is 2. The number of nitrogens with one attached hydrogen (secondary N) is 1. The zero-order valence-corrected chi connectivity index (χ0v) is 10.8. The number of oxazole rings is 1. The summed E-state index contributed by atoms with van der Waals surface area (Å²) in [5.41, 5.74) is 0.342. The average molecular weight is 269 g/mol. The van der Waals surface area contributed by atoms with Crippen molar-refractivity contribution in [1.82, 2.24) is 10.3 Å². The lowest BCUT2D eigenvalue weighted by molar-refractivity contribution is 0.492. The monoisotopic (exact) mass is 268 g/mol. The molecule has 0 spiro atoms. The van der Waals surface area contributed by atoms with Gasteiger partial charge >= 0.3 is 0 Å². The van der Waals surface area contributed by atoms with Gasteiger partial charge < -0.3 is 9.73 Å². The zero-order chi connectivity index (χ0) is 13.0. The molecule has 0 aliphatic carbocycles. The molecule has 0 saturated carbocycles. The minimum Gasteiger partial charge on any atom is -0.441 e. The summed E-state index contributed by atoms with van der Waals surface area (Å²) in [7, 11) is 1.89. The van der Waals surface area contributed by atoms with Gasteiger partial charge in [0.1, 0.15) is 0 Å². The summed E-state index contributed by atoms with van der Waals surface area (Å²) in [5, 5.41) is 3.13. The summed E-state index contributed by atoms with van der Waals surface area (Å²) in [5.74, 6) is 0.547. The molecule has 0 unspecified atom stereocenters. The maximum Gasteiger partial charge on any atom is 0.194 e. The highest BCUT2D eigenvalue weighted by Crippen LogP contribution is 2.28. The third-order valence-corrected chi connectivity index (χ3v) is 2.88. The molecule has 1 N–H and O–H groups in total. The maximum atomic E-state index is 13.8. The van der Waals surface area contributed by atoms with E-state index in [2.05, 4.69) is 10.3 Å². The Balaban J connectivity index is 2.16. The van der Waals surface area contributed by atoms with Crippen molar-refractivity contribution in [3.63, 3.8) is 0 Å². The van der Waals surface area contributed by atoms with E-state index in [1.165, 1.54) is 12.3 Å². The largest absolute Gasteiger partial charge is 0.441 e. The molecule has 5 heteroatoms. The number of aromatic nitrogens is 1. The van der Waals surface area contributed by atoms with E-state index >= 15 is 0 Å². The van der Waals surface area contributed by atoms with E-state index in [0.29, 0.717) is 17.2 Å². The van der Waals surface area contributed by atoms with Gasteiger partial charge in [0.15, 0.2) is 17.5 Å². The molecule has 2 aromatic rings. The van der Waals surface area contributed by atoms with Gasteiger partial charge in [-0.15, -0.1) is 0 Å². The molecule has 1 aromatic carbocycles. The normalized spacial score (nSPS) is 10.8. The van der Waals surface area contributed by atoms with Crippen LogP contribution in [0.4, 0.5) is 4.39 Å². The van der Waals surface area contributed by atoms with Gasteiger partial charge in [-0.1, -0.05) is 17.7 Å². The van der Waals surface area contributed by atoms with Gasteiger partial charge in [-0.05, 0) is 32.1 Å². The molecule has 96 valence electrons. The molecule has 3 nitrogen and oxygen atoms in total. The molecule has 0 amide bonds. The van der Waals surface area contributed by atoms with Crippen molar-refractivity contribution >= 4 is 11.6 Å². The molecular weight excluding hydrogens is 255 g/mol. The molecule has 0 aliphatic rings. The molecule has 0 saturated heterocycles. The van der Waals surface area contributed by atoms with Crippen molar-refractivity contribution in [1.29, 1.82) is 0 Å². The van der Waals surface area contributed by atoms with E-state index in [9.17, 15) is 4.39 Å². The van der Waals surface area contributed by atoms with Crippen molar-refractivity contribution in [2.24, 2.45) is 0 Å². The average Bonchev–Trinajstić information content (AvgIpc) is 2.82. The first kappa shape index (κ1) is 13.1. The number of rotatable bonds is 5. The second kappa shape index (κ2) is 5.98. The number of hydrogen-bond acceptors (Lipinski definition) is 3.